The Labute approximate surface area is 89.6 Å². The Balaban J connectivity index is 2.69. The number of pyridine rings is 1. The molecule has 0 aliphatic heterocycles. The molecule has 0 aliphatic rings. The van der Waals surface area contributed by atoms with Crippen LogP contribution in [-0.4, -0.2) is 29.1 Å². The molecule has 0 amide bonds. The number of rotatable bonds is 5. The van der Waals surface area contributed by atoms with Crippen molar-refractivity contribution in [2.75, 3.05) is 18.0 Å². The van der Waals surface area contributed by atoms with Crippen LogP contribution in [0, 0.1) is 6.92 Å². The highest BCUT2D eigenvalue weighted by molar-refractivity contribution is 5.67. The maximum Gasteiger partial charge on any atom is 0.305 e. The molecule has 0 spiro atoms. The molecular weight excluding hydrogens is 192 g/mol. The summed E-state index contributed by atoms with van der Waals surface area (Å²) in [6, 6.07) is 3.86. The highest BCUT2D eigenvalue weighted by atomic mass is 16.4. The third-order valence-corrected chi connectivity index (χ3v) is 2.22. The lowest BCUT2D eigenvalue weighted by atomic mass is 10.3. The summed E-state index contributed by atoms with van der Waals surface area (Å²) in [5.74, 6) is -0.765. The minimum atomic E-state index is -0.765. The van der Waals surface area contributed by atoms with E-state index in [9.17, 15) is 4.79 Å². The van der Waals surface area contributed by atoms with Gasteiger partial charge >= 0.3 is 5.97 Å². The third kappa shape index (κ3) is 3.58. The zero-order valence-corrected chi connectivity index (χ0v) is 9.10. The maximum absolute atomic E-state index is 10.5. The van der Waals surface area contributed by atoms with Gasteiger partial charge in [0.2, 0.25) is 0 Å². The molecule has 1 rings (SSSR count). The van der Waals surface area contributed by atoms with Gasteiger partial charge in [0, 0.05) is 30.7 Å². The minimum absolute atomic E-state index is 0.162. The summed E-state index contributed by atoms with van der Waals surface area (Å²) in [5, 5.41) is 8.62. The summed E-state index contributed by atoms with van der Waals surface area (Å²) >= 11 is 0. The molecule has 4 nitrogen and oxygen atoms in total. The fourth-order valence-corrected chi connectivity index (χ4v) is 1.43. The lowest BCUT2D eigenvalue weighted by molar-refractivity contribution is -0.136. The lowest BCUT2D eigenvalue weighted by Gasteiger charge is -2.22. The number of carboxylic acid groups (broad SMARTS) is 1. The fraction of sp³-hybridized carbons (Fsp3) is 0.455. The fourth-order valence-electron chi connectivity index (χ4n) is 1.43. The van der Waals surface area contributed by atoms with Crippen molar-refractivity contribution < 1.29 is 9.90 Å². The first-order valence-electron chi connectivity index (χ1n) is 5.03. The number of nitrogens with zero attached hydrogens (tertiary/aromatic N) is 2. The summed E-state index contributed by atoms with van der Waals surface area (Å²) in [5.41, 5.74) is 1.98. The molecule has 0 radical (unpaired) electrons. The molecule has 0 bridgehead atoms. The number of anilines is 1. The zero-order valence-electron chi connectivity index (χ0n) is 9.10. The van der Waals surface area contributed by atoms with Gasteiger partial charge in [-0.3, -0.25) is 9.78 Å². The summed E-state index contributed by atoms with van der Waals surface area (Å²) in [6.45, 7) is 5.28. The van der Waals surface area contributed by atoms with Crippen LogP contribution in [0.15, 0.2) is 18.3 Å². The number of hydrogen-bond acceptors (Lipinski definition) is 3. The first-order valence-corrected chi connectivity index (χ1v) is 5.03. The second-order valence-electron chi connectivity index (χ2n) is 3.38. The van der Waals surface area contributed by atoms with Crippen molar-refractivity contribution in [3.63, 3.8) is 0 Å². The van der Waals surface area contributed by atoms with Crippen LogP contribution < -0.4 is 4.90 Å². The smallest absolute Gasteiger partial charge is 0.305 e. The second kappa shape index (κ2) is 5.34. The quantitative estimate of drug-likeness (QED) is 0.800. The molecule has 1 N–H and O–H groups in total. The van der Waals surface area contributed by atoms with Crippen molar-refractivity contribution in [3.05, 3.63) is 24.0 Å². The highest BCUT2D eigenvalue weighted by Crippen LogP contribution is 2.14. The number of hydrogen-bond donors (Lipinski definition) is 1. The molecule has 15 heavy (non-hydrogen) atoms. The first-order chi connectivity index (χ1) is 7.13. The van der Waals surface area contributed by atoms with Crippen molar-refractivity contribution >= 4 is 11.7 Å². The number of aromatic nitrogens is 1. The van der Waals surface area contributed by atoms with Gasteiger partial charge in [-0.15, -0.1) is 0 Å². The molecule has 4 heteroatoms. The Kier molecular flexibility index (Phi) is 4.09. The monoisotopic (exact) mass is 208 g/mol. The van der Waals surface area contributed by atoms with Crippen LogP contribution in [0.5, 0.6) is 0 Å². The number of aryl methyl sites for hydroxylation is 1. The van der Waals surface area contributed by atoms with Gasteiger partial charge in [0.15, 0.2) is 0 Å². The molecule has 0 aliphatic carbocycles. The molecule has 0 atom stereocenters. The first kappa shape index (κ1) is 11.5. The topological polar surface area (TPSA) is 53.4 Å². The summed E-state index contributed by atoms with van der Waals surface area (Å²) in [6.07, 6.45) is 1.91. The van der Waals surface area contributed by atoms with Crippen molar-refractivity contribution in [3.8, 4) is 0 Å². The average Bonchev–Trinajstić information content (AvgIpc) is 2.18. The second-order valence-corrected chi connectivity index (χ2v) is 3.38. The van der Waals surface area contributed by atoms with Crippen molar-refractivity contribution in [2.45, 2.75) is 20.3 Å². The SMILES string of the molecule is CCN(CCC(=O)O)c1ccnc(C)c1. The van der Waals surface area contributed by atoms with Gasteiger partial charge in [0.25, 0.3) is 0 Å². The van der Waals surface area contributed by atoms with Gasteiger partial charge < -0.3 is 10.0 Å². The van der Waals surface area contributed by atoms with Gasteiger partial charge in [0.1, 0.15) is 0 Å². The predicted molar refractivity (Wildman–Crippen MR) is 59.1 cm³/mol. The molecular formula is C11H16N2O2. The molecule has 1 aromatic heterocycles. The third-order valence-electron chi connectivity index (χ3n) is 2.22. The number of carbonyl (C=O) groups is 1. The zero-order chi connectivity index (χ0) is 11.3. The van der Waals surface area contributed by atoms with Crippen LogP contribution in [0.2, 0.25) is 0 Å². The molecule has 0 saturated heterocycles. The van der Waals surface area contributed by atoms with Crippen LogP contribution in [0.4, 0.5) is 5.69 Å². The van der Waals surface area contributed by atoms with E-state index < -0.39 is 5.97 Å². The highest BCUT2D eigenvalue weighted by Gasteiger charge is 2.06. The van der Waals surface area contributed by atoms with Gasteiger partial charge in [-0.1, -0.05) is 0 Å². The molecule has 0 fully saturated rings. The Bertz CT molecular complexity index is 339. The van der Waals surface area contributed by atoms with Gasteiger partial charge in [0.05, 0.1) is 6.42 Å². The normalized spacial score (nSPS) is 10.0. The van der Waals surface area contributed by atoms with E-state index >= 15 is 0 Å². The van der Waals surface area contributed by atoms with E-state index in [1.165, 1.54) is 0 Å². The Morgan fingerprint density at radius 1 is 1.60 bits per heavy atom. The van der Waals surface area contributed by atoms with E-state index in [4.69, 9.17) is 5.11 Å². The summed E-state index contributed by atoms with van der Waals surface area (Å²) in [4.78, 5) is 16.6. The molecule has 0 aromatic carbocycles. The Morgan fingerprint density at radius 2 is 2.33 bits per heavy atom. The van der Waals surface area contributed by atoms with E-state index in [-0.39, 0.29) is 6.42 Å². The van der Waals surface area contributed by atoms with Crippen molar-refractivity contribution in [2.24, 2.45) is 0 Å². The molecule has 1 aromatic rings. The van der Waals surface area contributed by atoms with E-state index in [1.807, 2.05) is 30.9 Å². The number of carboxylic acids is 1. The summed E-state index contributed by atoms with van der Waals surface area (Å²) < 4.78 is 0. The molecule has 0 unspecified atom stereocenters. The van der Waals surface area contributed by atoms with E-state index in [0.29, 0.717) is 6.54 Å². The predicted octanol–water partition coefficient (Wildman–Crippen LogP) is 1.69. The van der Waals surface area contributed by atoms with Crippen molar-refractivity contribution in [1.82, 2.24) is 4.98 Å². The van der Waals surface area contributed by atoms with Gasteiger partial charge in [-0.25, -0.2) is 0 Å². The van der Waals surface area contributed by atoms with E-state index in [2.05, 4.69) is 4.98 Å². The van der Waals surface area contributed by atoms with Gasteiger partial charge in [-0.2, -0.15) is 0 Å². The van der Waals surface area contributed by atoms with Crippen LogP contribution in [0.1, 0.15) is 19.0 Å². The molecule has 1 heterocycles. The van der Waals surface area contributed by atoms with Crippen LogP contribution in [0.3, 0.4) is 0 Å². The van der Waals surface area contributed by atoms with Gasteiger partial charge in [-0.05, 0) is 26.0 Å². The minimum Gasteiger partial charge on any atom is -0.481 e. The average molecular weight is 208 g/mol. The van der Waals surface area contributed by atoms with Crippen LogP contribution >= 0.6 is 0 Å². The largest absolute Gasteiger partial charge is 0.481 e. The van der Waals surface area contributed by atoms with Crippen LogP contribution in [0.25, 0.3) is 0 Å². The Hall–Kier alpha value is -1.58. The van der Waals surface area contributed by atoms with E-state index in [1.54, 1.807) is 6.20 Å². The maximum atomic E-state index is 10.5. The number of aliphatic carboxylic acids is 1. The van der Waals surface area contributed by atoms with Crippen molar-refractivity contribution in [1.29, 1.82) is 0 Å². The summed E-state index contributed by atoms with van der Waals surface area (Å²) in [7, 11) is 0. The Morgan fingerprint density at radius 3 is 2.87 bits per heavy atom. The lowest BCUT2D eigenvalue weighted by Crippen LogP contribution is -2.25. The standard InChI is InChI=1S/C11H16N2O2/c1-3-13(7-5-11(14)15)10-4-6-12-9(2)8-10/h4,6,8H,3,5,7H2,1-2H3,(H,14,15). The van der Waals surface area contributed by atoms with Crippen LogP contribution in [-0.2, 0) is 4.79 Å². The molecule has 82 valence electrons. The van der Waals surface area contributed by atoms with E-state index in [0.717, 1.165) is 17.9 Å². The molecule has 0 saturated carbocycles.